The van der Waals surface area contributed by atoms with Crippen LogP contribution in [0.1, 0.15) is 46.4 Å². The molecule has 0 atom stereocenters. The Kier molecular flexibility index (Phi) is 5.70. The van der Waals surface area contributed by atoms with Gasteiger partial charge in [-0.2, -0.15) is 0 Å². The van der Waals surface area contributed by atoms with Crippen molar-refractivity contribution >= 4 is 45.7 Å². The molecule has 32 heavy (non-hydrogen) atoms. The zero-order valence-electron chi connectivity index (χ0n) is 17.8. The highest BCUT2D eigenvalue weighted by Crippen LogP contribution is 2.29. The Labute approximate surface area is 192 Å². The number of nitrogens with zero attached hydrogens (tertiary/aromatic N) is 3. The van der Waals surface area contributed by atoms with E-state index in [-0.39, 0.29) is 11.8 Å². The summed E-state index contributed by atoms with van der Waals surface area (Å²) in [5, 5.41) is 5.03. The summed E-state index contributed by atoms with van der Waals surface area (Å²) in [6.45, 7) is 3.03. The maximum absolute atomic E-state index is 13.0. The molecule has 3 aromatic rings. The highest BCUT2D eigenvalue weighted by atomic mass is 35.5. The lowest BCUT2D eigenvalue weighted by Gasteiger charge is -2.29. The lowest BCUT2D eigenvalue weighted by atomic mass is 10.1. The Bertz CT molecular complexity index is 1190. The highest BCUT2D eigenvalue weighted by Gasteiger charge is 2.35. The molecule has 1 saturated heterocycles. The number of imide groups is 1. The number of rotatable bonds is 6. The Balaban J connectivity index is 1.22. The van der Waals surface area contributed by atoms with Crippen molar-refractivity contribution in [3.05, 3.63) is 64.8 Å². The molecule has 0 spiro atoms. The van der Waals surface area contributed by atoms with Crippen LogP contribution in [0.3, 0.4) is 0 Å². The van der Waals surface area contributed by atoms with Crippen molar-refractivity contribution in [3.8, 4) is 0 Å². The minimum Gasteiger partial charge on any atom is -0.384 e. The lowest BCUT2D eigenvalue weighted by Crippen LogP contribution is -2.31. The number of amides is 2. The quantitative estimate of drug-likeness (QED) is 0.425. The Morgan fingerprint density at radius 1 is 0.938 bits per heavy atom. The predicted octanol–water partition coefficient (Wildman–Crippen LogP) is 4.98. The fourth-order valence-electron chi connectivity index (χ4n) is 4.57. The van der Waals surface area contributed by atoms with E-state index in [1.807, 2.05) is 42.5 Å². The van der Waals surface area contributed by atoms with Crippen LogP contribution in [0.5, 0.6) is 0 Å². The van der Waals surface area contributed by atoms with Gasteiger partial charge in [0.15, 0.2) is 0 Å². The van der Waals surface area contributed by atoms with Crippen LogP contribution in [-0.4, -0.2) is 47.9 Å². The monoisotopic (exact) mass is 448 g/mol. The molecule has 2 aliphatic heterocycles. The topological polar surface area (TPSA) is 65.5 Å². The molecule has 1 fully saturated rings. The number of carbonyl (C=O) groups is 2. The first kappa shape index (κ1) is 20.8. The van der Waals surface area contributed by atoms with Crippen LogP contribution in [0.25, 0.3) is 10.9 Å². The number of carbonyl (C=O) groups excluding carboxylic acids is 2. The van der Waals surface area contributed by atoms with E-state index in [2.05, 4.69) is 15.2 Å². The maximum atomic E-state index is 13.0. The van der Waals surface area contributed by atoms with E-state index < -0.39 is 0 Å². The minimum atomic E-state index is -0.195. The molecule has 5 rings (SSSR count). The van der Waals surface area contributed by atoms with E-state index in [0.717, 1.165) is 35.4 Å². The Morgan fingerprint density at radius 2 is 1.75 bits per heavy atom. The maximum Gasteiger partial charge on any atom is 0.261 e. The summed E-state index contributed by atoms with van der Waals surface area (Å²) < 4.78 is 0. The van der Waals surface area contributed by atoms with Gasteiger partial charge in [-0.05, 0) is 68.1 Å². The van der Waals surface area contributed by atoms with Crippen LogP contribution in [0, 0.1) is 0 Å². The number of hydrogen-bond acceptors (Lipinski definition) is 5. The van der Waals surface area contributed by atoms with Gasteiger partial charge in [0.2, 0.25) is 0 Å². The van der Waals surface area contributed by atoms with E-state index >= 15 is 0 Å². The van der Waals surface area contributed by atoms with Crippen LogP contribution < -0.4 is 10.2 Å². The van der Waals surface area contributed by atoms with Gasteiger partial charge in [0.05, 0.1) is 16.6 Å². The van der Waals surface area contributed by atoms with Crippen molar-refractivity contribution < 1.29 is 9.59 Å². The molecule has 2 aromatic carbocycles. The molecule has 1 N–H and O–H groups in total. The van der Waals surface area contributed by atoms with Gasteiger partial charge in [0, 0.05) is 54.2 Å². The van der Waals surface area contributed by atoms with Crippen molar-refractivity contribution in [2.45, 2.75) is 25.7 Å². The van der Waals surface area contributed by atoms with Crippen LogP contribution in [0.15, 0.2) is 48.7 Å². The third-order valence-electron chi connectivity index (χ3n) is 6.25. The molecule has 2 amide bonds. The molecule has 164 valence electrons. The summed E-state index contributed by atoms with van der Waals surface area (Å²) in [6, 6.07) is 13.2. The van der Waals surface area contributed by atoms with Crippen LogP contribution in [0.4, 0.5) is 11.4 Å². The molecule has 7 heteroatoms. The van der Waals surface area contributed by atoms with Gasteiger partial charge in [-0.25, -0.2) is 0 Å². The minimum absolute atomic E-state index is 0.187. The van der Waals surface area contributed by atoms with Crippen LogP contribution in [-0.2, 0) is 0 Å². The van der Waals surface area contributed by atoms with Crippen molar-refractivity contribution in [2.24, 2.45) is 0 Å². The number of fused-ring (bicyclic) bond motifs is 2. The van der Waals surface area contributed by atoms with Gasteiger partial charge in [-0.1, -0.05) is 11.6 Å². The van der Waals surface area contributed by atoms with Gasteiger partial charge in [0.25, 0.3) is 11.8 Å². The molecule has 0 aliphatic carbocycles. The number of anilines is 2. The first-order valence-corrected chi connectivity index (χ1v) is 11.5. The summed E-state index contributed by atoms with van der Waals surface area (Å²) in [5.74, 6) is -0.382. The van der Waals surface area contributed by atoms with Crippen LogP contribution >= 0.6 is 11.6 Å². The fourth-order valence-corrected chi connectivity index (χ4v) is 4.73. The summed E-state index contributed by atoms with van der Waals surface area (Å²) in [6.07, 6.45) is 5.99. The van der Waals surface area contributed by atoms with Crippen LogP contribution in [0.2, 0.25) is 5.02 Å². The fraction of sp³-hybridized carbons (Fsp3) is 0.320. The normalized spacial score (nSPS) is 16.0. The summed E-state index contributed by atoms with van der Waals surface area (Å²) in [5.41, 5.74) is 3.87. The van der Waals surface area contributed by atoms with Crippen molar-refractivity contribution in [1.29, 1.82) is 0 Å². The average Bonchev–Trinajstić information content (AvgIpc) is 3.06. The molecule has 0 saturated carbocycles. The highest BCUT2D eigenvalue weighted by molar-refractivity contribution is 6.31. The summed E-state index contributed by atoms with van der Waals surface area (Å²) in [7, 11) is 0. The van der Waals surface area contributed by atoms with Crippen molar-refractivity contribution in [2.75, 3.05) is 36.4 Å². The van der Waals surface area contributed by atoms with Gasteiger partial charge in [-0.15, -0.1) is 0 Å². The molecule has 0 radical (unpaired) electrons. The van der Waals surface area contributed by atoms with E-state index in [0.29, 0.717) is 35.7 Å². The number of aromatic nitrogens is 1. The Hall–Kier alpha value is -3.12. The molecular weight excluding hydrogens is 424 g/mol. The van der Waals surface area contributed by atoms with Crippen molar-refractivity contribution in [1.82, 2.24) is 9.88 Å². The van der Waals surface area contributed by atoms with Crippen molar-refractivity contribution in [3.63, 3.8) is 0 Å². The van der Waals surface area contributed by atoms with Gasteiger partial charge in [-0.3, -0.25) is 19.5 Å². The van der Waals surface area contributed by atoms with Gasteiger partial charge in [0.1, 0.15) is 0 Å². The molecule has 3 heterocycles. The second-order valence-electron chi connectivity index (χ2n) is 8.34. The average molecular weight is 449 g/mol. The third kappa shape index (κ3) is 3.91. The number of nitrogens with one attached hydrogen (secondary N) is 1. The second kappa shape index (κ2) is 8.79. The molecule has 0 bridgehead atoms. The summed E-state index contributed by atoms with van der Waals surface area (Å²) in [4.78, 5) is 33.8. The predicted molar refractivity (Wildman–Crippen MR) is 128 cm³/mol. The molecule has 1 aromatic heterocycles. The van der Waals surface area contributed by atoms with E-state index in [4.69, 9.17) is 11.6 Å². The van der Waals surface area contributed by atoms with E-state index in [1.54, 1.807) is 6.20 Å². The zero-order valence-corrected chi connectivity index (χ0v) is 18.6. The number of piperidine rings is 1. The first-order chi connectivity index (χ1) is 15.6. The molecule has 2 aliphatic rings. The lowest BCUT2D eigenvalue weighted by molar-refractivity contribution is 0.0654. The smallest absolute Gasteiger partial charge is 0.261 e. The standard InChI is InChI=1S/C25H25ClN4O2/c26-17-5-7-20-22(9-11-28-23(20)15-17)27-10-4-14-30-24(31)19-8-6-18(16-21(19)25(30)32)29-12-2-1-3-13-29/h5-9,11,15-16H,1-4,10,12-14H2,(H,27,28). The molecule has 6 nitrogen and oxygen atoms in total. The number of halogens is 1. The molecule has 0 unspecified atom stereocenters. The molecular formula is C25H25ClN4O2. The SMILES string of the molecule is O=C1c2ccc(N3CCCCC3)cc2C(=O)N1CCCNc1ccnc2cc(Cl)ccc12. The first-order valence-electron chi connectivity index (χ1n) is 11.2. The third-order valence-corrected chi connectivity index (χ3v) is 6.49. The van der Waals surface area contributed by atoms with E-state index in [9.17, 15) is 9.59 Å². The van der Waals surface area contributed by atoms with E-state index in [1.165, 1.54) is 24.2 Å². The Morgan fingerprint density at radius 3 is 2.59 bits per heavy atom. The number of hydrogen-bond donors (Lipinski definition) is 1. The number of pyridine rings is 1. The number of benzene rings is 2. The zero-order chi connectivity index (χ0) is 22.1. The van der Waals surface area contributed by atoms with Gasteiger partial charge >= 0.3 is 0 Å². The summed E-state index contributed by atoms with van der Waals surface area (Å²) >= 11 is 6.06. The largest absolute Gasteiger partial charge is 0.384 e. The van der Waals surface area contributed by atoms with Gasteiger partial charge < -0.3 is 10.2 Å². The second-order valence-corrected chi connectivity index (χ2v) is 8.78.